The Morgan fingerprint density at radius 3 is 2.57 bits per heavy atom. The average Bonchev–Trinajstić information content (AvgIpc) is 3.58. The Morgan fingerprint density at radius 1 is 1.03 bits per heavy atom. The maximum Gasteiger partial charge on any atom is 0.178 e. The van der Waals surface area contributed by atoms with Crippen LogP contribution in [-0.4, -0.2) is 32.7 Å². The number of nitrogens with two attached hydrogens (primary N) is 1. The maximum atomic E-state index is 6.23. The van der Waals surface area contributed by atoms with E-state index in [0.29, 0.717) is 0 Å². The second-order valence-corrected chi connectivity index (χ2v) is 8.73. The van der Waals surface area contributed by atoms with Crippen molar-refractivity contribution in [3.8, 4) is 11.1 Å². The van der Waals surface area contributed by atoms with E-state index in [2.05, 4.69) is 65.3 Å². The van der Waals surface area contributed by atoms with Crippen LogP contribution in [0.15, 0.2) is 67.1 Å². The molecule has 1 saturated heterocycles. The Hall–Kier alpha value is -3.87. The van der Waals surface area contributed by atoms with Gasteiger partial charge in [-0.2, -0.15) is 5.10 Å². The smallest absolute Gasteiger partial charge is 0.178 e. The van der Waals surface area contributed by atoms with Crippen LogP contribution in [0, 0.1) is 0 Å². The number of allylic oxidation sites excluding steroid dienone is 1. The second kappa shape index (κ2) is 11.5. The minimum atomic E-state index is 0.753. The number of nitrogens with zero attached hydrogens (tertiary/aromatic N) is 5. The summed E-state index contributed by atoms with van der Waals surface area (Å²) in [5.41, 5.74) is 11.7. The molecule has 0 radical (unpaired) electrons. The summed E-state index contributed by atoms with van der Waals surface area (Å²) < 4.78 is 1.79. The molecule has 4 aromatic rings. The van der Waals surface area contributed by atoms with Crippen molar-refractivity contribution >= 4 is 28.7 Å². The molecule has 0 atom stereocenters. The molecule has 3 N–H and O–H groups in total. The molecule has 4 heterocycles. The van der Waals surface area contributed by atoms with Crippen molar-refractivity contribution in [3.63, 3.8) is 0 Å². The van der Waals surface area contributed by atoms with E-state index < -0.39 is 0 Å². The Morgan fingerprint density at radius 2 is 1.80 bits per heavy atom. The van der Waals surface area contributed by atoms with Gasteiger partial charge in [0.05, 0.1) is 5.69 Å². The average molecular weight is 470 g/mol. The number of pyridine rings is 2. The van der Waals surface area contributed by atoms with Gasteiger partial charge in [-0.15, -0.1) is 0 Å². The Kier molecular flexibility index (Phi) is 7.98. The van der Waals surface area contributed by atoms with Gasteiger partial charge in [0.1, 0.15) is 18.0 Å². The van der Waals surface area contributed by atoms with Crippen LogP contribution in [0.3, 0.4) is 0 Å². The topological polar surface area (TPSA) is 84.4 Å². The molecule has 1 aromatic carbocycles. The summed E-state index contributed by atoms with van der Waals surface area (Å²) in [4.78, 5) is 11.6. The lowest BCUT2D eigenvalue weighted by atomic mass is 10.0. The lowest BCUT2D eigenvalue weighted by molar-refractivity contribution is 0.938. The molecule has 7 heteroatoms. The molecule has 35 heavy (non-hydrogen) atoms. The zero-order valence-electron chi connectivity index (χ0n) is 20.9. The van der Waals surface area contributed by atoms with Gasteiger partial charge in [0.15, 0.2) is 5.65 Å². The van der Waals surface area contributed by atoms with Gasteiger partial charge in [0, 0.05) is 30.5 Å². The Bertz CT molecular complexity index is 1290. The molecular weight excluding hydrogens is 434 g/mol. The van der Waals surface area contributed by atoms with Gasteiger partial charge < -0.3 is 16.0 Å². The highest BCUT2D eigenvalue weighted by atomic mass is 15.3. The number of rotatable bonds is 6. The van der Waals surface area contributed by atoms with Crippen LogP contribution in [0.4, 0.5) is 17.3 Å². The van der Waals surface area contributed by atoms with Crippen molar-refractivity contribution in [3.05, 3.63) is 72.7 Å². The summed E-state index contributed by atoms with van der Waals surface area (Å²) in [5, 5.41) is 7.84. The molecule has 1 aliphatic rings. The maximum absolute atomic E-state index is 6.23. The van der Waals surface area contributed by atoms with E-state index in [9.17, 15) is 0 Å². The monoisotopic (exact) mass is 469 g/mol. The summed E-state index contributed by atoms with van der Waals surface area (Å²) >= 11 is 0. The quantitative estimate of drug-likeness (QED) is 0.347. The third kappa shape index (κ3) is 5.80. The minimum absolute atomic E-state index is 0.753. The number of fused-ring (bicyclic) bond motifs is 1. The summed E-state index contributed by atoms with van der Waals surface area (Å²) in [7, 11) is 0. The predicted octanol–water partition coefficient (Wildman–Crippen LogP) is 6.26. The largest absolute Gasteiger partial charge is 0.399 e. The van der Waals surface area contributed by atoms with Crippen LogP contribution in [0.5, 0.6) is 0 Å². The number of aromatic nitrogens is 4. The van der Waals surface area contributed by atoms with E-state index in [1.165, 1.54) is 19.3 Å². The molecule has 0 aliphatic carbocycles. The molecule has 0 spiro atoms. The number of benzene rings is 1. The van der Waals surface area contributed by atoms with Crippen molar-refractivity contribution in [2.45, 2.75) is 46.5 Å². The van der Waals surface area contributed by atoms with E-state index >= 15 is 0 Å². The molecule has 3 aromatic heterocycles. The number of anilines is 3. The summed E-state index contributed by atoms with van der Waals surface area (Å²) in [6.45, 7) is 8.46. The van der Waals surface area contributed by atoms with Crippen LogP contribution in [0.2, 0.25) is 0 Å². The van der Waals surface area contributed by atoms with Crippen LogP contribution < -0.4 is 16.0 Å². The first-order valence-electron chi connectivity index (χ1n) is 12.5. The van der Waals surface area contributed by atoms with E-state index in [4.69, 9.17) is 10.7 Å². The lowest BCUT2D eigenvalue weighted by Crippen LogP contribution is -2.19. The van der Waals surface area contributed by atoms with E-state index in [-0.39, 0.29) is 0 Å². The highest BCUT2D eigenvalue weighted by Crippen LogP contribution is 2.29. The van der Waals surface area contributed by atoms with Gasteiger partial charge >= 0.3 is 0 Å². The third-order valence-corrected chi connectivity index (χ3v) is 5.76. The zero-order valence-corrected chi connectivity index (χ0v) is 20.9. The standard InChI is InChI=1S/C25H27N7.C3H8/c1-2-7-21(26)19-9-5-8-18(14-19)20-15-22(25-27-17-28-32(25)16-20)29-23-10-6-11-24(30-23)31-12-3-4-13-31;1-3-2/h5-11,14-17H,2-4,12-13,26H2,1H3,(H,29,30);3H2,1-2H3. The molecule has 0 amide bonds. The van der Waals surface area contributed by atoms with Crippen molar-refractivity contribution in [1.29, 1.82) is 0 Å². The SMILES string of the molecule is CCC.CCC=C(N)c1cccc(-c2cc(Nc3cccc(N4CCCC4)n3)c3ncnn3c2)c1. The van der Waals surface area contributed by atoms with Gasteiger partial charge in [-0.3, -0.25) is 0 Å². The van der Waals surface area contributed by atoms with Gasteiger partial charge in [-0.1, -0.05) is 57.5 Å². The van der Waals surface area contributed by atoms with Gasteiger partial charge in [-0.05, 0) is 54.7 Å². The fourth-order valence-corrected chi connectivity index (χ4v) is 4.15. The van der Waals surface area contributed by atoms with Crippen molar-refractivity contribution in [2.75, 3.05) is 23.3 Å². The molecule has 1 aliphatic heterocycles. The molecule has 1 fully saturated rings. The van der Waals surface area contributed by atoms with Gasteiger partial charge in [0.25, 0.3) is 0 Å². The van der Waals surface area contributed by atoms with E-state index in [1.807, 2.05) is 36.5 Å². The Labute approximate surface area is 207 Å². The molecule has 7 nitrogen and oxygen atoms in total. The minimum Gasteiger partial charge on any atom is -0.399 e. The first-order chi connectivity index (χ1) is 17.1. The van der Waals surface area contributed by atoms with Crippen LogP contribution in [0.25, 0.3) is 22.5 Å². The molecule has 5 rings (SSSR count). The molecular formula is C28H35N7. The molecule has 182 valence electrons. The molecule has 0 unspecified atom stereocenters. The lowest BCUT2D eigenvalue weighted by Gasteiger charge is -2.17. The Balaban J connectivity index is 0.000000917. The summed E-state index contributed by atoms with van der Waals surface area (Å²) in [6, 6.07) is 16.4. The number of nitrogens with one attached hydrogen (secondary N) is 1. The molecule has 0 bridgehead atoms. The van der Waals surface area contributed by atoms with Crippen molar-refractivity contribution in [1.82, 2.24) is 19.6 Å². The fraction of sp³-hybridized carbons (Fsp3) is 0.321. The molecule has 0 saturated carbocycles. The normalized spacial score (nSPS) is 13.6. The zero-order chi connectivity index (χ0) is 24.6. The highest BCUT2D eigenvalue weighted by molar-refractivity contribution is 5.80. The summed E-state index contributed by atoms with van der Waals surface area (Å²) in [6.07, 6.45) is 10.2. The van der Waals surface area contributed by atoms with E-state index in [1.54, 1.807) is 10.8 Å². The summed E-state index contributed by atoms with van der Waals surface area (Å²) in [5.74, 6) is 1.80. The number of hydrogen-bond acceptors (Lipinski definition) is 6. The second-order valence-electron chi connectivity index (χ2n) is 8.73. The predicted molar refractivity (Wildman–Crippen MR) is 146 cm³/mol. The van der Waals surface area contributed by atoms with Crippen LogP contribution >= 0.6 is 0 Å². The van der Waals surface area contributed by atoms with Gasteiger partial charge in [0.2, 0.25) is 0 Å². The van der Waals surface area contributed by atoms with E-state index in [0.717, 1.165) is 64.9 Å². The van der Waals surface area contributed by atoms with Crippen LogP contribution in [-0.2, 0) is 0 Å². The van der Waals surface area contributed by atoms with Crippen LogP contribution in [0.1, 0.15) is 52.0 Å². The first kappa shape index (κ1) is 24.3. The van der Waals surface area contributed by atoms with Crippen molar-refractivity contribution < 1.29 is 0 Å². The number of hydrogen-bond donors (Lipinski definition) is 2. The van der Waals surface area contributed by atoms with Gasteiger partial charge in [-0.25, -0.2) is 14.5 Å². The van der Waals surface area contributed by atoms with Crippen molar-refractivity contribution in [2.24, 2.45) is 5.73 Å². The first-order valence-corrected chi connectivity index (χ1v) is 12.5. The highest BCUT2D eigenvalue weighted by Gasteiger charge is 2.15. The third-order valence-electron chi connectivity index (χ3n) is 5.76. The fourth-order valence-electron chi connectivity index (χ4n) is 4.15.